The van der Waals surface area contributed by atoms with Crippen LogP contribution in [0.4, 0.5) is 0 Å². The summed E-state index contributed by atoms with van der Waals surface area (Å²) in [5, 5.41) is 23.5. The van der Waals surface area contributed by atoms with Crippen molar-refractivity contribution in [3.8, 4) is 16.9 Å². The number of carboxylic acid groups (broad SMARTS) is 1. The van der Waals surface area contributed by atoms with Crippen LogP contribution in [0, 0.1) is 0 Å². The van der Waals surface area contributed by atoms with Crippen LogP contribution in [0.15, 0.2) is 48.5 Å². The van der Waals surface area contributed by atoms with Crippen molar-refractivity contribution >= 4 is 16.7 Å². The third kappa shape index (κ3) is 2.95. The minimum atomic E-state index is -1.19. The highest BCUT2D eigenvalue weighted by molar-refractivity contribution is 5.93. The van der Waals surface area contributed by atoms with Crippen molar-refractivity contribution in [2.75, 3.05) is 0 Å². The van der Waals surface area contributed by atoms with Crippen molar-refractivity contribution in [1.82, 2.24) is 0 Å². The molecule has 0 fully saturated rings. The topological polar surface area (TPSA) is 60.4 Å². The van der Waals surface area contributed by atoms with Gasteiger partial charge < -0.3 is 10.2 Å². The number of rotatable bonds is 2. The first-order chi connectivity index (χ1) is 13.1. The minimum Gasteiger partial charge on any atom is -0.872 e. The Labute approximate surface area is 165 Å². The predicted molar refractivity (Wildman–Crippen MR) is 111 cm³/mol. The molecule has 0 heterocycles. The molecule has 144 valence electrons. The third-order valence-electron chi connectivity index (χ3n) is 6.36. The quantitative estimate of drug-likeness (QED) is 0.633. The van der Waals surface area contributed by atoms with Crippen molar-refractivity contribution in [3.05, 3.63) is 65.2 Å². The zero-order chi connectivity index (χ0) is 20.3. The molecule has 1 N–H and O–H groups in total. The van der Waals surface area contributed by atoms with Crippen LogP contribution in [-0.2, 0) is 10.8 Å². The molecule has 3 aromatic rings. The van der Waals surface area contributed by atoms with Gasteiger partial charge in [0, 0.05) is 0 Å². The summed E-state index contributed by atoms with van der Waals surface area (Å²) in [5.74, 6) is -1.65. The van der Waals surface area contributed by atoms with E-state index in [1.807, 2.05) is 6.07 Å². The summed E-state index contributed by atoms with van der Waals surface area (Å²) in [6, 6.07) is 15.3. The predicted octanol–water partition coefficient (Wildman–Crippen LogP) is 5.63. The maximum absolute atomic E-state index is 12.1. The molecule has 3 aromatic carbocycles. The van der Waals surface area contributed by atoms with E-state index in [2.05, 4.69) is 52.0 Å². The van der Waals surface area contributed by atoms with Gasteiger partial charge in [-0.2, -0.15) is 0 Å². The lowest BCUT2D eigenvalue weighted by Gasteiger charge is -2.42. The van der Waals surface area contributed by atoms with Crippen LogP contribution in [0.1, 0.15) is 62.0 Å². The molecule has 0 saturated heterocycles. The summed E-state index contributed by atoms with van der Waals surface area (Å²) >= 11 is 0. The number of carbonyl (C=O) groups is 1. The second-order valence-electron chi connectivity index (χ2n) is 9.24. The van der Waals surface area contributed by atoms with Gasteiger partial charge in [0.1, 0.15) is 0 Å². The Morgan fingerprint density at radius 2 is 1.36 bits per heavy atom. The molecule has 0 radical (unpaired) electrons. The van der Waals surface area contributed by atoms with E-state index in [1.165, 1.54) is 35.1 Å². The lowest BCUT2D eigenvalue weighted by Crippen LogP contribution is -2.33. The van der Waals surface area contributed by atoms with E-state index in [-0.39, 0.29) is 16.4 Å². The fourth-order valence-electron chi connectivity index (χ4n) is 4.37. The Morgan fingerprint density at radius 1 is 0.821 bits per heavy atom. The molecule has 0 bridgehead atoms. The SMILES string of the molecule is CC1(C)CCC(C)(C)c2cc3cc(-c4ccc(C(=O)O)c([O-])c4)ccc3cc21. The van der Waals surface area contributed by atoms with Gasteiger partial charge in [-0.1, -0.05) is 69.8 Å². The molecule has 0 atom stereocenters. The molecular weight excluding hydrogens is 348 g/mol. The van der Waals surface area contributed by atoms with Crippen LogP contribution < -0.4 is 5.11 Å². The van der Waals surface area contributed by atoms with Gasteiger partial charge in [0.05, 0.1) is 5.56 Å². The van der Waals surface area contributed by atoms with Crippen molar-refractivity contribution in [2.45, 2.75) is 51.4 Å². The summed E-state index contributed by atoms with van der Waals surface area (Å²) in [6.07, 6.45) is 2.34. The van der Waals surface area contributed by atoms with Crippen LogP contribution in [-0.4, -0.2) is 11.1 Å². The van der Waals surface area contributed by atoms with Crippen molar-refractivity contribution in [3.63, 3.8) is 0 Å². The molecule has 0 unspecified atom stereocenters. The smallest absolute Gasteiger partial charge is 0.335 e. The van der Waals surface area contributed by atoms with Crippen LogP contribution >= 0.6 is 0 Å². The van der Waals surface area contributed by atoms with Crippen LogP contribution in [0.3, 0.4) is 0 Å². The second-order valence-corrected chi connectivity index (χ2v) is 9.24. The lowest BCUT2D eigenvalue weighted by molar-refractivity contribution is -0.268. The third-order valence-corrected chi connectivity index (χ3v) is 6.36. The van der Waals surface area contributed by atoms with E-state index in [0.29, 0.717) is 0 Å². The molecule has 4 rings (SSSR count). The zero-order valence-electron chi connectivity index (χ0n) is 16.8. The molecule has 0 aromatic heterocycles. The number of benzene rings is 3. The fraction of sp³-hybridized carbons (Fsp3) is 0.320. The van der Waals surface area contributed by atoms with Gasteiger partial charge in [0.25, 0.3) is 0 Å². The number of hydrogen-bond acceptors (Lipinski definition) is 2. The molecule has 3 heteroatoms. The Bertz CT molecular complexity index is 1110. The molecule has 3 nitrogen and oxygen atoms in total. The molecule has 0 spiro atoms. The summed E-state index contributed by atoms with van der Waals surface area (Å²) in [7, 11) is 0. The van der Waals surface area contributed by atoms with Crippen LogP contribution in [0.2, 0.25) is 0 Å². The van der Waals surface area contributed by atoms with E-state index < -0.39 is 11.7 Å². The van der Waals surface area contributed by atoms with Crippen molar-refractivity contribution in [2.24, 2.45) is 0 Å². The lowest BCUT2D eigenvalue weighted by atomic mass is 9.63. The van der Waals surface area contributed by atoms with Gasteiger partial charge in [-0.15, -0.1) is 0 Å². The van der Waals surface area contributed by atoms with Gasteiger partial charge in [-0.25, -0.2) is 4.79 Å². The van der Waals surface area contributed by atoms with E-state index in [1.54, 1.807) is 6.07 Å². The Balaban J connectivity index is 1.86. The highest BCUT2D eigenvalue weighted by Gasteiger charge is 2.37. The van der Waals surface area contributed by atoms with E-state index in [0.717, 1.165) is 22.9 Å². The van der Waals surface area contributed by atoms with Crippen molar-refractivity contribution < 1.29 is 15.0 Å². The first kappa shape index (κ1) is 18.5. The van der Waals surface area contributed by atoms with E-state index in [9.17, 15) is 9.90 Å². The first-order valence-electron chi connectivity index (χ1n) is 9.72. The van der Waals surface area contributed by atoms with Gasteiger partial charge in [-0.3, -0.25) is 0 Å². The summed E-state index contributed by atoms with van der Waals surface area (Å²) in [4.78, 5) is 11.1. The van der Waals surface area contributed by atoms with E-state index >= 15 is 0 Å². The molecule has 1 aliphatic rings. The fourth-order valence-corrected chi connectivity index (χ4v) is 4.37. The highest BCUT2D eigenvalue weighted by Crippen LogP contribution is 2.47. The highest BCUT2D eigenvalue weighted by atomic mass is 16.4. The first-order valence-corrected chi connectivity index (χ1v) is 9.72. The Kier molecular flexibility index (Phi) is 4.04. The van der Waals surface area contributed by atoms with Gasteiger partial charge >= 0.3 is 5.97 Å². The van der Waals surface area contributed by atoms with Gasteiger partial charge in [0.15, 0.2) is 0 Å². The average Bonchev–Trinajstić information content (AvgIpc) is 2.64. The normalized spacial score (nSPS) is 17.3. The maximum Gasteiger partial charge on any atom is 0.335 e. The van der Waals surface area contributed by atoms with Gasteiger partial charge in [-0.05, 0) is 68.8 Å². The van der Waals surface area contributed by atoms with Crippen LogP contribution in [0.5, 0.6) is 5.75 Å². The van der Waals surface area contributed by atoms with Crippen molar-refractivity contribution in [1.29, 1.82) is 0 Å². The standard InChI is InChI=1S/C25H26O3/c1-24(2)9-10-25(3,4)21-13-18-11-15(5-6-16(18)12-20(21)24)17-7-8-19(23(27)28)22(26)14-17/h5-8,11-14,26H,9-10H2,1-4H3,(H,27,28)/p-1. The van der Waals surface area contributed by atoms with Crippen LogP contribution in [0.25, 0.3) is 21.9 Å². The Hall–Kier alpha value is -2.81. The summed E-state index contributed by atoms with van der Waals surface area (Å²) in [6.45, 7) is 9.26. The molecule has 28 heavy (non-hydrogen) atoms. The number of carboxylic acids is 1. The molecule has 1 aliphatic carbocycles. The summed E-state index contributed by atoms with van der Waals surface area (Å²) in [5.41, 5.74) is 4.62. The largest absolute Gasteiger partial charge is 0.872 e. The molecule has 0 aliphatic heterocycles. The average molecular weight is 373 g/mol. The maximum atomic E-state index is 12.1. The molecule has 0 amide bonds. The number of hydrogen-bond donors (Lipinski definition) is 1. The summed E-state index contributed by atoms with van der Waals surface area (Å²) < 4.78 is 0. The zero-order valence-corrected chi connectivity index (χ0v) is 16.8. The number of aromatic carboxylic acids is 1. The van der Waals surface area contributed by atoms with E-state index in [4.69, 9.17) is 5.11 Å². The number of fused-ring (bicyclic) bond motifs is 2. The molecular formula is C25H25O3-. The monoisotopic (exact) mass is 373 g/mol. The Morgan fingerprint density at radius 3 is 1.93 bits per heavy atom. The second kappa shape index (κ2) is 6.10. The van der Waals surface area contributed by atoms with Gasteiger partial charge in [0.2, 0.25) is 0 Å². The molecule has 0 saturated carbocycles. The minimum absolute atomic E-state index is 0.139.